The summed E-state index contributed by atoms with van der Waals surface area (Å²) in [4.78, 5) is 34.4. The Bertz CT molecular complexity index is 1550. The summed E-state index contributed by atoms with van der Waals surface area (Å²) in [5.41, 5.74) is 4.57. The van der Waals surface area contributed by atoms with Crippen LogP contribution < -0.4 is 9.47 Å². The van der Waals surface area contributed by atoms with Gasteiger partial charge >= 0.3 is 0 Å². The van der Waals surface area contributed by atoms with Gasteiger partial charge < -0.3 is 24.3 Å². The zero-order valence-electron chi connectivity index (χ0n) is 19.9. The molecule has 1 N–H and O–H groups in total. The number of aromatic nitrogens is 1. The second-order valence-electron chi connectivity index (χ2n) is 9.71. The molecule has 8 heteroatoms. The van der Waals surface area contributed by atoms with Crippen molar-refractivity contribution in [2.24, 2.45) is 0 Å². The highest BCUT2D eigenvalue weighted by atomic mass is 19.1. The van der Waals surface area contributed by atoms with Crippen LogP contribution in [-0.2, 0) is 22.6 Å². The average molecular weight is 498 g/mol. The van der Waals surface area contributed by atoms with E-state index in [1.54, 1.807) is 21.9 Å². The van der Waals surface area contributed by atoms with E-state index in [2.05, 4.69) is 4.98 Å². The number of nitrogens with zero attached hydrogens (tertiary/aromatic N) is 2. The molecule has 2 amide bonds. The van der Waals surface area contributed by atoms with Crippen LogP contribution in [0, 0.1) is 5.82 Å². The maximum atomic E-state index is 13.9. The molecule has 37 heavy (non-hydrogen) atoms. The van der Waals surface area contributed by atoms with E-state index in [1.807, 2.05) is 42.5 Å². The van der Waals surface area contributed by atoms with E-state index in [4.69, 9.17) is 9.47 Å². The highest BCUT2D eigenvalue weighted by Gasteiger charge is 2.48. The van der Waals surface area contributed by atoms with Gasteiger partial charge in [-0.3, -0.25) is 9.59 Å². The number of fused-ring (bicyclic) bond motifs is 5. The smallest absolute Gasteiger partial charge is 0.246 e. The fraction of sp³-hybridized carbons (Fsp3) is 0.241. The Labute approximate surface area is 212 Å². The van der Waals surface area contributed by atoms with Gasteiger partial charge in [-0.1, -0.05) is 36.4 Å². The summed E-state index contributed by atoms with van der Waals surface area (Å²) in [5, 5.41) is 1.05. The molecule has 0 saturated carbocycles. The fourth-order valence-corrected chi connectivity index (χ4v) is 5.84. The normalized spacial score (nSPS) is 20.7. The molecule has 2 unspecified atom stereocenters. The Morgan fingerprint density at radius 2 is 1.73 bits per heavy atom. The topological polar surface area (TPSA) is 74.9 Å². The number of hydrogen-bond acceptors (Lipinski definition) is 4. The number of piperazine rings is 1. The van der Waals surface area contributed by atoms with Gasteiger partial charge in [0.2, 0.25) is 11.8 Å². The first-order valence-electron chi connectivity index (χ1n) is 12.4. The zero-order chi connectivity index (χ0) is 25.1. The molecule has 1 saturated heterocycles. The first kappa shape index (κ1) is 21.9. The van der Waals surface area contributed by atoms with Crippen LogP contribution in [-0.4, -0.2) is 52.4 Å². The van der Waals surface area contributed by atoms with E-state index in [0.717, 1.165) is 33.3 Å². The number of rotatable bonds is 3. The maximum Gasteiger partial charge on any atom is 0.246 e. The predicted molar refractivity (Wildman–Crippen MR) is 134 cm³/mol. The summed E-state index contributed by atoms with van der Waals surface area (Å²) in [6.07, 6.45) is 0.422. The molecule has 1 fully saturated rings. The second-order valence-corrected chi connectivity index (χ2v) is 9.71. The van der Waals surface area contributed by atoms with Gasteiger partial charge in [-0.25, -0.2) is 4.39 Å². The van der Waals surface area contributed by atoms with E-state index >= 15 is 0 Å². The number of hydrogen-bond donors (Lipinski definition) is 1. The minimum atomic E-state index is -0.647. The van der Waals surface area contributed by atoms with Crippen LogP contribution in [0.3, 0.4) is 0 Å². The van der Waals surface area contributed by atoms with Crippen LogP contribution in [0.1, 0.15) is 28.4 Å². The summed E-state index contributed by atoms with van der Waals surface area (Å²) in [7, 11) is 0. The third kappa shape index (κ3) is 3.55. The molecule has 2 atom stereocenters. The second kappa shape index (κ2) is 8.37. The van der Waals surface area contributed by atoms with E-state index in [-0.39, 0.29) is 30.7 Å². The highest BCUT2D eigenvalue weighted by molar-refractivity contribution is 5.97. The van der Waals surface area contributed by atoms with Crippen LogP contribution in [0.15, 0.2) is 66.7 Å². The van der Waals surface area contributed by atoms with Gasteiger partial charge in [0.05, 0.1) is 6.04 Å². The number of halogens is 1. The Morgan fingerprint density at radius 3 is 2.57 bits per heavy atom. The van der Waals surface area contributed by atoms with Crippen LogP contribution in [0.2, 0.25) is 0 Å². The molecule has 0 bridgehead atoms. The Kier molecular flexibility index (Phi) is 4.96. The lowest BCUT2D eigenvalue weighted by atomic mass is 9.86. The number of para-hydroxylation sites is 1. The molecule has 7 rings (SSSR count). The Hall–Kier alpha value is -4.33. The standard InChI is InChI=1S/C29H24FN3O4/c30-19-8-5-17(6-9-19)15-32-16-26(34)33-23(29(32)35)14-21-20-3-1-2-4-22(20)31-27(21)28(33)18-7-10-24-25(13-18)37-12-11-36-24/h1-10,13,23,28,31H,11-12,14-16H2. The molecule has 0 spiro atoms. The van der Waals surface area contributed by atoms with E-state index < -0.39 is 12.1 Å². The quantitative estimate of drug-likeness (QED) is 0.465. The van der Waals surface area contributed by atoms with Crippen molar-refractivity contribution in [3.8, 4) is 11.5 Å². The van der Waals surface area contributed by atoms with Crippen molar-refractivity contribution in [1.29, 1.82) is 0 Å². The van der Waals surface area contributed by atoms with Crippen molar-refractivity contribution in [3.63, 3.8) is 0 Å². The van der Waals surface area contributed by atoms with Crippen LogP contribution in [0.5, 0.6) is 11.5 Å². The van der Waals surface area contributed by atoms with Crippen LogP contribution in [0.25, 0.3) is 10.9 Å². The molecule has 0 aliphatic carbocycles. The predicted octanol–water partition coefficient (Wildman–Crippen LogP) is 3.96. The SMILES string of the molecule is O=C1C2Cc3c([nH]c4ccccc34)C(c3ccc4c(c3)OCCO4)N2C(=O)CN1Cc1ccc(F)cc1. The number of aromatic amines is 1. The lowest BCUT2D eigenvalue weighted by Crippen LogP contribution is -2.62. The van der Waals surface area contributed by atoms with Crippen LogP contribution in [0.4, 0.5) is 4.39 Å². The number of carbonyl (C=O) groups is 2. The van der Waals surface area contributed by atoms with Gasteiger partial charge in [0.15, 0.2) is 11.5 Å². The monoisotopic (exact) mass is 497 g/mol. The minimum absolute atomic E-state index is 0.0384. The fourth-order valence-electron chi connectivity index (χ4n) is 5.84. The Balaban J connectivity index is 1.33. The van der Waals surface area contributed by atoms with Crippen molar-refractivity contribution in [3.05, 3.63) is 94.9 Å². The molecule has 4 heterocycles. The van der Waals surface area contributed by atoms with Crippen molar-refractivity contribution < 1.29 is 23.5 Å². The third-order valence-corrected chi connectivity index (χ3v) is 7.51. The highest BCUT2D eigenvalue weighted by Crippen LogP contribution is 2.44. The molecule has 3 aliphatic rings. The van der Waals surface area contributed by atoms with Gasteiger partial charge in [0, 0.05) is 29.6 Å². The molecule has 0 radical (unpaired) electrons. The van der Waals surface area contributed by atoms with E-state index in [0.29, 0.717) is 31.1 Å². The Morgan fingerprint density at radius 1 is 0.946 bits per heavy atom. The average Bonchev–Trinajstić information content (AvgIpc) is 3.30. The molecule has 1 aromatic heterocycles. The van der Waals surface area contributed by atoms with Gasteiger partial charge in [-0.2, -0.15) is 0 Å². The lowest BCUT2D eigenvalue weighted by molar-refractivity contribution is -0.159. The van der Waals surface area contributed by atoms with Crippen molar-refractivity contribution in [2.45, 2.75) is 25.0 Å². The van der Waals surface area contributed by atoms with Gasteiger partial charge in [-0.05, 0) is 47.0 Å². The first-order valence-corrected chi connectivity index (χ1v) is 12.4. The van der Waals surface area contributed by atoms with E-state index in [1.165, 1.54) is 12.1 Å². The lowest BCUT2D eigenvalue weighted by Gasteiger charge is -2.47. The molecule has 7 nitrogen and oxygen atoms in total. The van der Waals surface area contributed by atoms with Gasteiger partial charge in [0.1, 0.15) is 31.6 Å². The number of benzene rings is 3. The molecule has 4 aromatic rings. The number of H-pyrrole nitrogens is 1. The van der Waals surface area contributed by atoms with Crippen LogP contribution >= 0.6 is 0 Å². The molecule has 3 aliphatic heterocycles. The van der Waals surface area contributed by atoms with E-state index in [9.17, 15) is 14.0 Å². The van der Waals surface area contributed by atoms with Gasteiger partial charge in [-0.15, -0.1) is 0 Å². The summed E-state index contributed by atoms with van der Waals surface area (Å²) < 4.78 is 25.0. The zero-order valence-corrected chi connectivity index (χ0v) is 19.9. The molecule has 3 aromatic carbocycles. The van der Waals surface area contributed by atoms with Crippen molar-refractivity contribution in [2.75, 3.05) is 19.8 Å². The number of carbonyl (C=O) groups excluding carboxylic acids is 2. The first-order chi connectivity index (χ1) is 18.1. The van der Waals surface area contributed by atoms with Crippen molar-refractivity contribution >= 4 is 22.7 Å². The third-order valence-electron chi connectivity index (χ3n) is 7.51. The summed E-state index contributed by atoms with van der Waals surface area (Å²) in [5.74, 6) is 0.735. The van der Waals surface area contributed by atoms with Crippen molar-refractivity contribution in [1.82, 2.24) is 14.8 Å². The largest absolute Gasteiger partial charge is 0.486 e. The minimum Gasteiger partial charge on any atom is -0.486 e. The summed E-state index contributed by atoms with van der Waals surface area (Å²) in [6, 6.07) is 18.7. The summed E-state index contributed by atoms with van der Waals surface area (Å²) in [6.45, 7) is 1.17. The molecular weight excluding hydrogens is 473 g/mol. The molecular formula is C29H24FN3O4. The molecule has 186 valence electrons. The number of nitrogens with one attached hydrogen (secondary N) is 1. The summed E-state index contributed by atoms with van der Waals surface area (Å²) >= 11 is 0. The van der Waals surface area contributed by atoms with Gasteiger partial charge in [0.25, 0.3) is 0 Å². The number of amides is 2. The maximum absolute atomic E-state index is 13.9. The number of ether oxygens (including phenoxy) is 2.